The van der Waals surface area contributed by atoms with Crippen LogP contribution in [0.15, 0.2) is 29.3 Å². The lowest BCUT2D eigenvalue weighted by Gasteiger charge is -2.38. The number of hydrogen-bond acceptors (Lipinski definition) is 15. The van der Waals surface area contributed by atoms with Gasteiger partial charge in [0.2, 0.25) is 59.1 Å². The molecule has 6 rings (SSSR count). The number of carboxylic acids is 1. The van der Waals surface area contributed by atoms with Crippen LogP contribution in [0, 0.1) is 17.8 Å². The number of fused-ring (bicyclic) bond motifs is 1. The number of carbonyl (C=O) groups is 11. The largest absolute Gasteiger partial charge is 0.480 e. The number of amides is 10. The monoisotopic (exact) mass is 1190 g/mol. The average molecular weight is 1190 g/mol. The van der Waals surface area contributed by atoms with E-state index in [1.807, 2.05) is 19.9 Å². The van der Waals surface area contributed by atoms with Gasteiger partial charge in [-0.15, -0.1) is 0 Å². The normalized spacial score (nSPS) is 22.1. The Morgan fingerprint density at radius 2 is 1.29 bits per heavy atom. The fourth-order valence-electron chi connectivity index (χ4n) is 12.4. The molecule has 0 bridgehead atoms. The third-order valence-electron chi connectivity index (χ3n) is 16.7. The Hall–Kier alpha value is -7.46. The number of β-amino-alcohol motifs (C(OH)–C–C–N with tert-alkyl or cyclic N) is 1. The zero-order valence-corrected chi connectivity index (χ0v) is 49.1. The molecule has 2 aliphatic carbocycles. The number of nitrogens with one attached hydrogen (secondary N) is 7. The fourth-order valence-corrected chi connectivity index (χ4v) is 12.4. The second-order valence-corrected chi connectivity index (χ2v) is 23.7. The van der Waals surface area contributed by atoms with Crippen LogP contribution in [-0.2, 0) is 65.7 Å². The van der Waals surface area contributed by atoms with E-state index in [2.05, 4.69) is 42.2 Å². The van der Waals surface area contributed by atoms with Crippen LogP contribution in [0.2, 0.25) is 0 Å². The number of aliphatic carboxylic acids is 1. The van der Waals surface area contributed by atoms with E-state index in [0.29, 0.717) is 32.1 Å². The highest BCUT2D eigenvalue weighted by Gasteiger charge is 2.47. The Bertz CT molecular complexity index is 2620. The van der Waals surface area contributed by atoms with Gasteiger partial charge < -0.3 is 84.4 Å². The summed E-state index contributed by atoms with van der Waals surface area (Å²) >= 11 is 0. The zero-order valence-electron chi connectivity index (χ0n) is 49.1. The number of carboxylic acid groups (broad SMARTS) is 1. The molecule has 2 saturated carbocycles. The zero-order chi connectivity index (χ0) is 62.2. The Morgan fingerprint density at radius 1 is 0.682 bits per heavy atom. The van der Waals surface area contributed by atoms with Gasteiger partial charge in [-0.3, -0.25) is 52.9 Å². The predicted molar refractivity (Wildman–Crippen MR) is 307 cm³/mol. The summed E-state index contributed by atoms with van der Waals surface area (Å²) in [5.74, 6) is -9.37. The number of aliphatic imine (C=N–C) groups is 1. The van der Waals surface area contributed by atoms with Crippen molar-refractivity contribution in [1.82, 2.24) is 51.9 Å². The fraction of sp³-hybridized carbons (Fsp3) is 0.684. The number of nitrogens with two attached hydrogens (primary N) is 3. The lowest BCUT2D eigenvalue weighted by molar-refractivity contribution is -0.148. The van der Waals surface area contributed by atoms with Crippen LogP contribution in [-0.4, -0.2) is 200 Å². The van der Waals surface area contributed by atoms with E-state index < -0.39 is 151 Å². The molecule has 5 aliphatic rings. The minimum atomic E-state index is -1.58. The van der Waals surface area contributed by atoms with Crippen LogP contribution in [0.1, 0.15) is 129 Å². The first-order valence-electron chi connectivity index (χ1n) is 29.7. The molecule has 1 aromatic rings. The minimum absolute atomic E-state index is 0.00112. The highest BCUT2D eigenvalue weighted by atomic mass is 16.4. The molecule has 0 radical (unpaired) electrons. The maximum atomic E-state index is 14.6. The van der Waals surface area contributed by atoms with Gasteiger partial charge in [0.05, 0.1) is 19.3 Å². The van der Waals surface area contributed by atoms with E-state index in [9.17, 15) is 68.1 Å². The standard InChI is InChI=1S/C57H88N14O14/c1-30(2)23-39(65-51(79)45(31(3)58)63-32(4)73)48(76)64-38(19-11-21-61-57(59)60)53(81)69-22-12-20-41(69)55(83)71-28-37(74)25-43(71)49(77)62-26-44(75)67-46(33-13-5-6-14-33)52(80)66-40(29-72)54(82)70-27-36-18-10-9-17-35(36)24-42(70)50(78)68-47(56(84)85)34-15-7-8-16-34/h9-10,17-18,30-31,33-34,37-43,45-47,72,74H,5-8,11-16,19-29,58H2,1-4H3,(H,62,77)(H,63,73)(H,64,76)(H,65,79)(H,66,80)(H,67,75)(H,68,78)(H,84,85)(H4,59,60,61)/t31?,37-,38+,39+,40+,41+,42-,43+,45-,46?,47?/m1/s1. The summed E-state index contributed by atoms with van der Waals surface area (Å²) in [5.41, 5.74) is 18.6. The molecular formula is C57H88N14O14. The first-order valence-corrected chi connectivity index (χ1v) is 29.7. The van der Waals surface area contributed by atoms with Crippen LogP contribution in [0.4, 0.5) is 0 Å². The molecule has 0 aromatic heterocycles. The third kappa shape index (κ3) is 18.0. The minimum Gasteiger partial charge on any atom is -0.480 e. The van der Waals surface area contributed by atoms with Gasteiger partial charge in [-0.2, -0.15) is 0 Å². The highest BCUT2D eigenvalue weighted by molar-refractivity contribution is 5.99. The first kappa shape index (κ1) is 66.7. The molecule has 85 heavy (non-hydrogen) atoms. The van der Waals surface area contributed by atoms with Crippen LogP contribution < -0.4 is 54.4 Å². The quantitative estimate of drug-likeness (QED) is 0.0235. The Kier molecular flexibility index (Phi) is 24.4. The summed E-state index contributed by atoms with van der Waals surface area (Å²) in [4.78, 5) is 159. The van der Waals surface area contributed by atoms with E-state index in [4.69, 9.17) is 17.2 Å². The van der Waals surface area contributed by atoms with Crippen molar-refractivity contribution in [3.8, 4) is 0 Å². The number of carbonyl (C=O) groups excluding carboxylic acids is 10. The van der Waals surface area contributed by atoms with E-state index in [1.54, 1.807) is 18.2 Å². The summed E-state index contributed by atoms with van der Waals surface area (Å²) in [7, 11) is 0. The first-order chi connectivity index (χ1) is 40.4. The van der Waals surface area contributed by atoms with E-state index in [1.165, 1.54) is 23.6 Å². The number of likely N-dealkylation sites (tertiary alicyclic amines) is 2. The van der Waals surface area contributed by atoms with Crippen LogP contribution >= 0.6 is 0 Å². The maximum Gasteiger partial charge on any atom is 0.326 e. The lowest BCUT2D eigenvalue weighted by Crippen LogP contribution is -2.62. The molecule has 0 spiro atoms. The molecule has 2 saturated heterocycles. The summed E-state index contributed by atoms with van der Waals surface area (Å²) < 4.78 is 0. The number of benzene rings is 1. The van der Waals surface area contributed by atoms with Gasteiger partial charge in [-0.25, -0.2) is 4.79 Å². The summed E-state index contributed by atoms with van der Waals surface area (Å²) in [5, 5.41) is 50.0. The van der Waals surface area contributed by atoms with Crippen LogP contribution in [0.25, 0.3) is 0 Å². The van der Waals surface area contributed by atoms with Crippen molar-refractivity contribution in [2.75, 3.05) is 32.8 Å². The number of aliphatic hydroxyl groups is 2. The van der Waals surface area contributed by atoms with Gasteiger partial charge in [0, 0.05) is 52.0 Å². The van der Waals surface area contributed by atoms with Gasteiger partial charge >= 0.3 is 5.97 Å². The molecule has 4 fully saturated rings. The van der Waals surface area contributed by atoms with Crippen molar-refractivity contribution < 1.29 is 68.1 Å². The second kappa shape index (κ2) is 31.1. The van der Waals surface area contributed by atoms with Crippen molar-refractivity contribution in [3.05, 3.63) is 35.4 Å². The molecule has 16 N–H and O–H groups in total. The van der Waals surface area contributed by atoms with Crippen molar-refractivity contribution in [3.63, 3.8) is 0 Å². The van der Waals surface area contributed by atoms with Gasteiger partial charge in [0.15, 0.2) is 5.96 Å². The molecule has 470 valence electrons. The molecule has 28 heteroatoms. The number of aliphatic hydroxyl groups excluding tert-OH is 2. The predicted octanol–water partition coefficient (Wildman–Crippen LogP) is -3.16. The topological polar surface area (TPSA) is 433 Å². The molecule has 1 aromatic carbocycles. The van der Waals surface area contributed by atoms with Crippen LogP contribution in [0.5, 0.6) is 0 Å². The Balaban J connectivity index is 1.11. The van der Waals surface area contributed by atoms with Crippen molar-refractivity contribution >= 4 is 71.0 Å². The van der Waals surface area contributed by atoms with Gasteiger partial charge in [-0.1, -0.05) is 63.8 Å². The Labute approximate surface area is 494 Å². The smallest absolute Gasteiger partial charge is 0.326 e. The summed E-state index contributed by atoms with van der Waals surface area (Å²) in [6.45, 7) is 4.63. The summed E-state index contributed by atoms with van der Waals surface area (Å²) in [6, 6.07) is -4.89. The second-order valence-electron chi connectivity index (χ2n) is 23.7. The van der Waals surface area contributed by atoms with Crippen molar-refractivity contribution in [2.24, 2.45) is 39.9 Å². The molecule has 3 unspecified atom stereocenters. The highest BCUT2D eigenvalue weighted by Crippen LogP contribution is 2.31. The molecule has 11 atom stereocenters. The van der Waals surface area contributed by atoms with Crippen molar-refractivity contribution in [2.45, 2.75) is 197 Å². The molecular weight excluding hydrogens is 1100 g/mol. The van der Waals surface area contributed by atoms with E-state index in [0.717, 1.165) is 41.7 Å². The SMILES string of the molecule is CC(=O)N[C@@H](C(=O)N[C@@H](CC(C)C)C(=O)N[C@@H](CCCN=C(N)N)C(=O)N1CCC[C@H]1C(=O)N1C[C@H](O)C[C@H]1C(=O)NCC(=O)NC(C(=O)N[C@@H](CO)C(=O)N1Cc2ccccc2C[C@@H]1C(=O)NC(C(=O)O)C1CCCC1)C1CCCC1)C(C)N. The molecule has 28 nitrogen and oxygen atoms in total. The number of rotatable bonds is 27. The van der Waals surface area contributed by atoms with Gasteiger partial charge in [0.25, 0.3) is 0 Å². The maximum absolute atomic E-state index is 14.6. The van der Waals surface area contributed by atoms with Crippen molar-refractivity contribution in [1.29, 1.82) is 0 Å². The lowest BCUT2D eigenvalue weighted by atomic mass is 9.91. The average Bonchev–Trinajstić information content (AvgIpc) is 4.32. The number of guanidine groups is 1. The number of nitrogens with zero attached hydrogens (tertiary/aromatic N) is 4. The molecule has 3 aliphatic heterocycles. The number of hydrogen-bond donors (Lipinski definition) is 13. The van der Waals surface area contributed by atoms with Gasteiger partial charge in [-0.05, 0) is 93.6 Å². The third-order valence-corrected chi connectivity index (χ3v) is 16.7. The van der Waals surface area contributed by atoms with Crippen LogP contribution in [0.3, 0.4) is 0 Å². The van der Waals surface area contributed by atoms with Gasteiger partial charge in [0.1, 0.15) is 54.4 Å². The summed E-state index contributed by atoms with van der Waals surface area (Å²) in [6.07, 6.45) is 4.94. The Morgan fingerprint density at radius 3 is 1.89 bits per heavy atom. The van der Waals surface area contributed by atoms with E-state index in [-0.39, 0.29) is 82.5 Å². The molecule has 10 amide bonds. The van der Waals surface area contributed by atoms with E-state index >= 15 is 0 Å². The molecule has 3 heterocycles.